The highest BCUT2D eigenvalue weighted by molar-refractivity contribution is 8.10. The molecule has 34 heavy (non-hydrogen) atoms. The Morgan fingerprint density at radius 1 is 1.06 bits per heavy atom. The lowest BCUT2D eigenvalue weighted by Gasteiger charge is -2.29. The van der Waals surface area contributed by atoms with Gasteiger partial charge in [0.05, 0.1) is 12.0 Å². The Morgan fingerprint density at radius 3 is 2.47 bits per heavy atom. The average molecular weight is 475 g/mol. The second kappa shape index (κ2) is 11.4. The number of fused-ring (bicyclic) bond motifs is 1. The zero-order valence-electron chi connectivity index (χ0n) is 22.3. The minimum absolute atomic E-state index is 0.0711. The van der Waals surface area contributed by atoms with Gasteiger partial charge < -0.3 is 4.90 Å². The fourth-order valence-corrected chi connectivity index (χ4v) is 5.40. The number of nitrogens with zero attached hydrogens (tertiary/aromatic N) is 2. The molecule has 2 aromatic carbocycles. The van der Waals surface area contributed by atoms with Crippen molar-refractivity contribution in [3.63, 3.8) is 0 Å². The van der Waals surface area contributed by atoms with E-state index in [-0.39, 0.29) is 5.41 Å². The highest BCUT2D eigenvalue weighted by Crippen LogP contribution is 2.39. The second-order valence-corrected chi connectivity index (χ2v) is 11.2. The lowest BCUT2D eigenvalue weighted by atomic mass is 9.76. The summed E-state index contributed by atoms with van der Waals surface area (Å²) < 4.78 is 0. The molecule has 0 spiro atoms. The number of allylic oxidation sites excluding steroid dienone is 1. The fourth-order valence-electron chi connectivity index (χ4n) is 4.53. The average Bonchev–Trinajstić information content (AvgIpc) is 3.06. The topological polar surface area (TPSA) is 15.6 Å². The molecule has 0 heterocycles. The van der Waals surface area contributed by atoms with Gasteiger partial charge in [0.2, 0.25) is 0 Å². The van der Waals surface area contributed by atoms with E-state index in [1.165, 1.54) is 71.1 Å². The minimum atomic E-state index is -0.0711. The van der Waals surface area contributed by atoms with Crippen LogP contribution in [0.1, 0.15) is 80.3 Å². The van der Waals surface area contributed by atoms with Crippen molar-refractivity contribution >= 4 is 28.7 Å². The summed E-state index contributed by atoms with van der Waals surface area (Å²) in [4.78, 5) is 7.92. The van der Waals surface area contributed by atoms with Crippen LogP contribution in [0.2, 0.25) is 0 Å². The molecule has 0 radical (unpaired) electrons. The Bertz CT molecular complexity index is 1090. The third-order valence-electron chi connectivity index (χ3n) is 7.39. The highest BCUT2D eigenvalue weighted by Gasteiger charge is 2.25. The maximum atomic E-state index is 4.71. The van der Waals surface area contributed by atoms with Crippen molar-refractivity contribution in [2.75, 3.05) is 13.6 Å². The van der Waals surface area contributed by atoms with Crippen molar-refractivity contribution in [3.8, 4) is 0 Å². The van der Waals surface area contributed by atoms with Crippen molar-refractivity contribution in [1.29, 1.82) is 0 Å². The number of aliphatic imine (C=N–C) groups is 1. The summed E-state index contributed by atoms with van der Waals surface area (Å²) in [5.41, 5.74) is 10.5. The molecule has 0 N–H and O–H groups in total. The molecule has 0 aliphatic heterocycles. The summed E-state index contributed by atoms with van der Waals surface area (Å²) in [5.74, 6) is 0. The Morgan fingerprint density at radius 2 is 1.76 bits per heavy atom. The molecule has 0 fully saturated rings. The number of thioether (sulfide) groups is 1. The first kappa shape index (κ1) is 26.3. The van der Waals surface area contributed by atoms with E-state index in [1.54, 1.807) is 11.8 Å². The first-order valence-electron chi connectivity index (χ1n) is 12.6. The van der Waals surface area contributed by atoms with E-state index in [1.807, 2.05) is 6.34 Å². The number of benzene rings is 2. The van der Waals surface area contributed by atoms with E-state index in [0.29, 0.717) is 0 Å². The maximum Gasteiger partial charge on any atom is 0.0909 e. The van der Waals surface area contributed by atoms with Crippen molar-refractivity contribution in [3.05, 3.63) is 81.3 Å². The molecule has 0 bridgehead atoms. The zero-order chi connectivity index (χ0) is 24.9. The SMILES string of the molecule is C=C(S/C=C(\C)C(C)(C)c1cc(C)c(N=CN(C)CC)cc1C)c1ccc2c(c1)CCCCC2. The van der Waals surface area contributed by atoms with Crippen molar-refractivity contribution in [2.24, 2.45) is 4.99 Å². The quantitative estimate of drug-likeness (QED) is 0.216. The molecule has 0 aromatic heterocycles. The number of aryl methyl sites for hydroxylation is 4. The van der Waals surface area contributed by atoms with E-state index < -0.39 is 0 Å². The Hall–Kier alpha value is -2.26. The van der Waals surface area contributed by atoms with Crippen molar-refractivity contribution in [1.82, 2.24) is 4.90 Å². The predicted octanol–water partition coefficient (Wildman–Crippen LogP) is 8.77. The van der Waals surface area contributed by atoms with E-state index in [4.69, 9.17) is 4.99 Å². The molecular formula is C31H42N2S. The van der Waals surface area contributed by atoms with Crippen LogP contribution in [0.25, 0.3) is 4.91 Å². The molecule has 2 aromatic rings. The number of hydrogen-bond donors (Lipinski definition) is 0. The molecule has 0 amide bonds. The van der Waals surface area contributed by atoms with Gasteiger partial charge in [0.25, 0.3) is 0 Å². The normalized spacial score (nSPS) is 14.7. The smallest absolute Gasteiger partial charge is 0.0909 e. The lowest BCUT2D eigenvalue weighted by Crippen LogP contribution is -2.20. The molecule has 1 aliphatic carbocycles. The fraction of sp³-hybridized carbons (Fsp3) is 0.452. The lowest BCUT2D eigenvalue weighted by molar-refractivity contribution is 0.552. The maximum absolute atomic E-state index is 4.71. The van der Waals surface area contributed by atoms with Crippen molar-refractivity contribution in [2.45, 2.75) is 79.1 Å². The Kier molecular flexibility index (Phi) is 8.87. The van der Waals surface area contributed by atoms with Gasteiger partial charge in [-0.05, 0) is 98.2 Å². The van der Waals surface area contributed by atoms with Gasteiger partial charge in [-0.2, -0.15) is 0 Å². The largest absolute Gasteiger partial charge is 0.366 e. The predicted molar refractivity (Wildman–Crippen MR) is 153 cm³/mol. The molecule has 0 saturated heterocycles. The summed E-state index contributed by atoms with van der Waals surface area (Å²) in [5, 5.41) is 2.30. The molecule has 0 atom stereocenters. The third-order valence-corrected chi connectivity index (χ3v) is 8.38. The number of rotatable bonds is 8. The molecule has 0 unspecified atom stereocenters. The molecular weight excluding hydrogens is 432 g/mol. The second-order valence-electron chi connectivity index (χ2n) is 10.3. The van der Waals surface area contributed by atoms with Gasteiger partial charge in [0, 0.05) is 23.9 Å². The van der Waals surface area contributed by atoms with Crippen LogP contribution in [0.15, 0.2) is 52.9 Å². The summed E-state index contributed by atoms with van der Waals surface area (Å²) in [6.45, 7) is 18.7. The van der Waals surface area contributed by atoms with E-state index in [0.717, 1.165) is 17.1 Å². The standard InChI is InChI=1S/C31H42N2S/c1-9-33(8)21-32-30-18-22(2)29(17-23(30)3)31(6,7)24(4)20-34-25(5)27-16-15-26-13-11-10-12-14-28(26)19-27/h15-21H,5,9-14H2,1-4,6-8H3/b24-20+,32-21?. The van der Waals surface area contributed by atoms with Gasteiger partial charge in [0.15, 0.2) is 0 Å². The Balaban J connectivity index is 1.78. The minimum Gasteiger partial charge on any atom is -0.366 e. The first-order valence-corrected chi connectivity index (χ1v) is 13.5. The molecule has 1 aliphatic rings. The van der Waals surface area contributed by atoms with Crippen LogP contribution < -0.4 is 0 Å². The summed E-state index contributed by atoms with van der Waals surface area (Å²) in [7, 11) is 2.05. The number of hydrogen-bond acceptors (Lipinski definition) is 2. The van der Waals surface area contributed by atoms with Crippen LogP contribution in [-0.4, -0.2) is 24.8 Å². The monoisotopic (exact) mass is 474 g/mol. The van der Waals surface area contributed by atoms with Crippen molar-refractivity contribution < 1.29 is 0 Å². The van der Waals surface area contributed by atoms with Crippen LogP contribution in [0.5, 0.6) is 0 Å². The van der Waals surface area contributed by atoms with E-state index in [9.17, 15) is 0 Å². The van der Waals surface area contributed by atoms with Crippen LogP contribution in [0.3, 0.4) is 0 Å². The van der Waals surface area contributed by atoms with Gasteiger partial charge in [0.1, 0.15) is 0 Å². The van der Waals surface area contributed by atoms with E-state index in [2.05, 4.69) is 95.8 Å². The molecule has 3 rings (SSSR count). The van der Waals surface area contributed by atoms with Gasteiger partial charge in [-0.1, -0.05) is 68.4 Å². The molecule has 182 valence electrons. The van der Waals surface area contributed by atoms with Crippen LogP contribution in [0, 0.1) is 13.8 Å². The van der Waals surface area contributed by atoms with Gasteiger partial charge in [-0.25, -0.2) is 4.99 Å². The molecule has 3 heteroatoms. The zero-order valence-corrected chi connectivity index (χ0v) is 23.1. The summed E-state index contributed by atoms with van der Waals surface area (Å²) in [6.07, 6.45) is 8.32. The molecule has 2 nitrogen and oxygen atoms in total. The first-order chi connectivity index (χ1) is 16.1. The Labute approximate surface area is 212 Å². The summed E-state index contributed by atoms with van der Waals surface area (Å²) in [6, 6.07) is 11.5. The van der Waals surface area contributed by atoms with Crippen LogP contribution >= 0.6 is 11.8 Å². The van der Waals surface area contributed by atoms with Crippen LogP contribution in [0.4, 0.5) is 5.69 Å². The van der Waals surface area contributed by atoms with Gasteiger partial charge in [-0.3, -0.25) is 0 Å². The highest BCUT2D eigenvalue weighted by atomic mass is 32.2. The third kappa shape index (κ3) is 6.24. The molecule has 0 saturated carbocycles. The van der Waals surface area contributed by atoms with E-state index >= 15 is 0 Å². The van der Waals surface area contributed by atoms with Crippen LogP contribution in [-0.2, 0) is 18.3 Å². The summed E-state index contributed by atoms with van der Waals surface area (Å²) >= 11 is 1.76. The van der Waals surface area contributed by atoms with Gasteiger partial charge >= 0.3 is 0 Å². The van der Waals surface area contributed by atoms with Gasteiger partial charge in [-0.15, -0.1) is 0 Å².